The summed E-state index contributed by atoms with van der Waals surface area (Å²) in [6.45, 7) is 0. The molecule has 20 heavy (non-hydrogen) atoms. The van der Waals surface area contributed by atoms with Crippen molar-refractivity contribution in [2.24, 2.45) is 59.2 Å². The Labute approximate surface area is 122 Å². The summed E-state index contributed by atoms with van der Waals surface area (Å²) in [4.78, 5) is 0. The predicted octanol–water partition coefficient (Wildman–Crippen LogP) is 4.68. The predicted molar refractivity (Wildman–Crippen MR) is 80.9 cm³/mol. The van der Waals surface area contributed by atoms with Gasteiger partial charge in [-0.2, -0.15) is 0 Å². The highest BCUT2D eigenvalue weighted by molar-refractivity contribution is 5.21. The molecule has 6 rings (SSSR count). The molecule has 0 aromatic rings. The van der Waals surface area contributed by atoms with Crippen LogP contribution in [-0.2, 0) is 0 Å². The summed E-state index contributed by atoms with van der Waals surface area (Å²) in [5.74, 6) is 10.7. The third-order valence-corrected chi connectivity index (χ3v) is 8.43. The molecule has 10 unspecified atom stereocenters. The molecule has 0 saturated heterocycles. The molecule has 0 radical (unpaired) electrons. The Bertz CT molecular complexity index is 500. The van der Waals surface area contributed by atoms with Gasteiger partial charge in [0.1, 0.15) is 0 Å². The Morgan fingerprint density at radius 1 is 0.650 bits per heavy atom. The third-order valence-electron chi connectivity index (χ3n) is 8.43. The fourth-order valence-electron chi connectivity index (χ4n) is 7.98. The van der Waals surface area contributed by atoms with Gasteiger partial charge in [-0.3, -0.25) is 0 Å². The van der Waals surface area contributed by atoms with E-state index in [-0.39, 0.29) is 0 Å². The Morgan fingerprint density at radius 3 is 2.30 bits per heavy atom. The van der Waals surface area contributed by atoms with Crippen LogP contribution in [0.5, 0.6) is 0 Å². The van der Waals surface area contributed by atoms with Crippen LogP contribution < -0.4 is 0 Å². The van der Waals surface area contributed by atoms with Gasteiger partial charge >= 0.3 is 0 Å². The minimum Gasteiger partial charge on any atom is -0.0851 e. The van der Waals surface area contributed by atoms with Crippen LogP contribution in [0.1, 0.15) is 38.5 Å². The molecule has 6 aliphatic carbocycles. The van der Waals surface area contributed by atoms with Gasteiger partial charge in [0, 0.05) is 0 Å². The zero-order chi connectivity index (χ0) is 12.8. The molecule has 0 aliphatic heterocycles. The molecule has 0 aromatic carbocycles. The van der Waals surface area contributed by atoms with E-state index in [1.54, 1.807) is 19.3 Å². The Balaban J connectivity index is 1.23. The SMILES string of the molecule is C1=CC2CC1CC2CC1CC2CC1C1C3C=CC(C3)C21. The van der Waals surface area contributed by atoms with Gasteiger partial charge in [0.2, 0.25) is 0 Å². The second-order valence-corrected chi connectivity index (χ2v) is 9.03. The van der Waals surface area contributed by atoms with Crippen molar-refractivity contribution in [1.29, 1.82) is 0 Å². The molecule has 0 amide bonds. The molecule has 10 atom stereocenters. The highest BCUT2D eigenvalue weighted by atomic mass is 14.7. The monoisotopic (exact) mass is 266 g/mol. The van der Waals surface area contributed by atoms with E-state index in [0.29, 0.717) is 0 Å². The Morgan fingerprint density at radius 2 is 1.50 bits per heavy atom. The van der Waals surface area contributed by atoms with Gasteiger partial charge in [0.05, 0.1) is 0 Å². The minimum atomic E-state index is 0.974. The van der Waals surface area contributed by atoms with E-state index in [1.807, 2.05) is 0 Å². The molecule has 0 heterocycles. The van der Waals surface area contributed by atoms with Crippen molar-refractivity contribution in [3.8, 4) is 0 Å². The minimum absolute atomic E-state index is 0.974. The van der Waals surface area contributed by atoms with Crippen molar-refractivity contribution in [1.82, 2.24) is 0 Å². The van der Waals surface area contributed by atoms with E-state index < -0.39 is 0 Å². The maximum absolute atomic E-state index is 2.60. The third kappa shape index (κ3) is 1.26. The summed E-state index contributed by atoms with van der Waals surface area (Å²) in [6, 6.07) is 0. The number of hydrogen-bond acceptors (Lipinski definition) is 0. The molecule has 0 spiro atoms. The van der Waals surface area contributed by atoms with Crippen LogP contribution in [0.15, 0.2) is 24.3 Å². The average Bonchev–Trinajstić information content (AvgIpc) is 3.25. The number of rotatable bonds is 2. The van der Waals surface area contributed by atoms with Crippen molar-refractivity contribution in [3.05, 3.63) is 24.3 Å². The Kier molecular flexibility index (Phi) is 2.01. The number of fused-ring (bicyclic) bond motifs is 11. The summed E-state index contributed by atoms with van der Waals surface area (Å²) in [5.41, 5.74) is 0. The maximum Gasteiger partial charge on any atom is -0.0194 e. The second kappa shape index (κ2) is 3.62. The zero-order valence-electron chi connectivity index (χ0n) is 12.3. The van der Waals surface area contributed by atoms with Gasteiger partial charge in [-0.25, -0.2) is 0 Å². The fraction of sp³-hybridized carbons (Fsp3) is 0.800. The van der Waals surface area contributed by atoms with Gasteiger partial charge in [0.15, 0.2) is 0 Å². The first kappa shape index (κ1) is 11.1. The highest BCUT2D eigenvalue weighted by Crippen LogP contribution is 2.68. The van der Waals surface area contributed by atoms with Gasteiger partial charge < -0.3 is 0 Å². The van der Waals surface area contributed by atoms with E-state index in [4.69, 9.17) is 0 Å². The van der Waals surface area contributed by atoms with Gasteiger partial charge in [-0.15, -0.1) is 0 Å². The molecular weight excluding hydrogens is 240 g/mol. The molecular formula is C20H26. The number of hydrogen-bond donors (Lipinski definition) is 0. The average molecular weight is 266 g/mol. The van der Waals surface area contributed by atoms with E-state index >= 15 is 0 Å². The van der Waals surface area contributed by atoms with Crippen molar-refractivity contribution < 1.29 is 0 Å². The normalized spacial score (nSPS) is 63.8. The van der Waals surface area contributed by atoms with Gasteiger partial charge in [-0.05, 0) is 97.7 Å². The molecule has 0 nitrogen and oxygen atoms in total. The van der Waals surface area contributed by atoms with Crippen LogP contribution in [0.25, 0.3) is 0 Å². The molecule has 6 bridgehead atoms. The molecule has 0 N–H and O–H groups in total. The van der Waals surface area contributed by atoms with Crippen molar-refractivity contribution in [2.75, 3.05) is 0 Å². The van der Waals surface area contributed by atoms with Gasteiger partial charge in [0.25, 0.3) is 0 Å². The Hall–Kier alpha value is -0.520. The quantitative estimate of drug-likeness (QED) is 0.503. The lowest BCUT2D eigenvalue weighted by Gasteiger charge is -2.38. The summed E-state index contributed by atoms with van der Waals surface area (Å²) < 4.78 is 0. The van der Waals surface area contributed by atoms with Crippen molar-refractivity contribution >= 4 is 0 Å². The van der Waals surface area contributed by atoms with E-state index in [1.165, 1.54) is 19.3 Å². The van der Waals surface area contributed by atoms with Gasteiger partial charge in [-0.1, -0.05) is 24.3 Å². The van der Waals surface area contributed by atoms with E-state index in [2.05, 4.69) is 24.3 Å². The van der Waals surface area contributed by atoms with Crippen molar-refractivity contribution in [3.63, 3.8) is 0 Å². The molecule has 106 valence electrons. The molecule has 6 aliphatic rings. The van der Waals surface area contributed by atoms with Crippen LogP contribution in [0.3, 0.4) is 0 Å². The summed E-state index contributed by atoms with van der Waals surface area (Å²) in [6.07, 6.45) is 19.7. The second-order valence-electron chi connectivity index (χ2n) is 9.03. The van der Waals surface area contributed by atoms with Crippen molar-refractivity contribution in [2.45, 2.75) is 38.5 Å². The lowest BCUT2D eigenvalue weighted by molar-refractivity contribution is 0.127. The van der Waals surface area contributed by atoms with E-state index in [0.717, 1.165) is 59.2 Å². The van der Waals surface area contributed by atoms with E-state index in [9.17, 15) is 0 Å². The molecule has 4 saturated carbocycles. The smallest absolute Gasteiger partial charge is 0.0194 e. The summed E-state index contributed by atoms with van der Waals surface area (Å²) in [5, 5.41) is 0. The van der Waals surface area contributed by atoms with Crippen LogP contribution in [-0.4, -0.2) is 0 Å². The first-order chi connectivity index (χ1) is 9.87. The van der Waals surface area contributed by atoms with Crippen LogP contribution in [0, 0.1) is 59.2 Å². The lowest BCUT2D eigenvalue weighted by atomic mass is 9.67. The lowest BCUT2D eigenvalue weighted by Crippen LogP contribution is -2.32. The summed E-state index contributed by atoms with van der Waals surface area (Å²) in [7, 11) is 0. The first-order valence-corrected chi connectivity index (χ1v) is 9.23. The molecule has 0 aromatic heterocycles. The van der Waals surface area contributed by atoms with Crippen LogP contribution >= 0.6 is 0 Å². The highest BCUT2D eigenvalue weighted by Gasteiger charge is 2.61. The van der Waals surface area contributed by atoms with Crippen LogP contribution in [0.2, 0.25) is 0 Å². The fourth-order valence-corrected chi connectivity index (χ4v) is 7.98. The summed E-state index contributed by atoms with van der Waals surface area (Å²) >= 11 is 0. The topological polar surface area (TPSA) is 0 Å². The zero-order valence-corrected chi connectivity index (χ0v) is 12.3. The number of allylic oxidation sites excluding steroid dienone is 4. The molecule has 4 fully saturated rings. The maximum atomic E-state index is 2.60. The largest absolute Gasteiger partial charge is 0.0851 e. The van der Waals surface area contributed by atoms with Crippen LogP contribution in [0.4, 0.5) is 0 Å². The standard InChI is InChI=1S/C20H26/c1-2-12-5-11(1)6-15(12)8-16-9-17-10-18(16)20-14-4-3-13(7-14)19(17)20/h1-4,11-20H,5-10H2. The first-order valence-electron chi connectivity index (χ1n) is 9.23. The molecule has 0 heteroatoms.